The Morgan fingerprint density at radius 1 is 1.04 bits per heavy atom. The smallest absolute Gasteiger partial charge is 0.346 e. The summed E-state index contributed by atoms with van der Waals surface area (Å²) in [6, 6.07) is 14.7. The average molecular weight is 339 g/mol. The topological polar surface area (TPSA) is 76.1 Å². The van der Waals surface area contributed by atoms with E-state index in [1.165, 1.54) is 4.90 Å². The first-order chi connectivity index (χ1) is 12.1. The van der Waals surface area contributed by atoms with Gasteiger partial charge in [-0.2, -0.15) is 0 Å². The Balaban J connectivity index is 1.62. The summed E-state index contributed by atoms with van der Waals surface area (Å²) >= 11 is 0. The van der Waals surface area contributed by atoms with Gasteiger partial charge in [0.15, 0.2) is 0 Å². The molecule has 0 spiro atoms. The van der Waals surface area contributed by atoms with Crippen LogP contribution in [0.25, 0.3) is 0 Å². The normalized spacial score (nSPS) is 21.4. The van der Waals surface area contributed by atoms with Crippen LogP contribution in [0.2, 0.25) is 0 Å². The van der Waals surface area contributed by atoms with Crippen molar-refractivity contribution >= 4 is 17.6 Å². The Morgan fingerprint density at radius 2 is 1.76 bits per heavy atom. The van der Waals surface area contributed by atoms with Crippen molar-refractivity contribution in [3.05, 3.63) is 54.1 Å². The summed E-state index contributed by atoms with van der Waals surface area (Å²) in [5.74, 6) is -0.367. The zero-order chi connectivity index (χ0) is 17.4. The molecule has 6 nitrogen and oxygen atoms in total. The Hall–Kier alpha value is -3.02. The summed E-state index contributed by atoms with van der Waals surface area (Å²) in [4.78, 5) is 26.0. The highest BCUT2D eigenvalue weighted by atomic mass is 16.5. The highest BCUT2D eigenvalue weighted by molar-refractivity contribution is 5.98. The number of fused-ring (bicyclic) bond motifs is 2. The van der Waals surface area contributed by atoms with Crippen molar-refractivity contribution in [1.82, 2.24) is 0 Å². The fourth-order valence-corrected chi connectivity index (χ4v) is 3.28. The number of rotatable bonds is 2. The van der Waals surface area contributed by atoms with Gasteiger partial charge < -0.3 is 19.5 Å². The van der Waals surface area contributed by atoms with E-state index >= 15 is 0 Å². The van der Waals surface area contributed by atoms with E-state index in [-0.39, 0.29) is 25.0 Å². The monoisotopic (exact) mass is 339 g/mol. The molecule has 0 unspecified atom stereocenters. The van der Waals surface area contributed by atoms with Gasteiger partial charge in [-0.05, 0) is 30.2 Å². The second kappa shape index (κ2) is 6.12. The van der Waals surface area contributed by atoms with Crippen LogP contribution in [-0.4, -0.2) is 36.2 Å². The molecule has 25 heavy (non-hydrogen) atoms. The van der Waals surface area contributed by atoms with E-state index in [0.717, 1.165) is 11.3 Å². The Bertz CT molecular complexity index is 834. The molecular weight excluding hydrogens is 322 g/mol. The molecule has 2 aliphatic heterocycles. The van der Waals surface area contributed by atoms with E-state index in [1.54, 1.807) is 24.3 Å². The van der Waals surface area contributed by atoms with Crippen LogP contribution in [0.1, 0.15) is 5.56 Å². The van der Waals surface area contributed by atoms with Gasteiger partial charge in [0.25, 0.3) is 0 Å². The molecule has 2 heterocycles. The summed E-state index contributed by atoms with van der Waals surface area (Å²) in [5, 5.41) is 9.32. The maximum absolute atomic E-state index is 13.1. The first kappa shape index (κ1) is 15.5. The Kier molecular flexibility index (Phi) is 3.80. The zero-order valence-electron chi connectivity index (χ0n) is 13.4. The highest BCUT2D eigenvalue weighted by Gasteiger charge is 2.37. The molecule has 0 aromatic heterocycles. The number of nitrogens with zero attached hydrogens (tertiary/aromatic N) is 1. The van der Waals surface area contributed by atoms with Gasteiger partial charge in [-0.15, -0.1) is 0 Å². The number of aliphatic carboxylic acids is 1. The number of hydrogen-bond acceptors (Lipinski definition) is 4. The zero-order valence-corrected chi connectivity index (χ0v) is 13.4. The molecule has 1 amide bonds. The molecular formula is C19H17NO5. The summed E-state index contributed by atoms with van der Waals surface area (Å²) in [7, 11) is 0. The molecule has 0 bridgehead atoms. The third-order valence-electron chi connectivity index (χ3n) is 4.54. The highest BCUT2D eigenvalue weighted by Crippen LogP contribution is 2.35. The van der Waals surface area contributed by atoms with Crippen LogP contribution in [0, 0.1) is 5.92 Å². The van der Waals surface area contributed by atoms with Crippen LogP contribution < -0.4 is 14.4 Å². The van der Waals surface area contributed by atoms with Crippen LogP contribution in [0.5, 0.6) is 11.5 Å². The van der Waals surface area contributed by atoms with Gasteiger partial charge >= 0.3 is 5.97 Å². The van der Waals surface area contributed by atoms with E-state index in [4.69, 9.17) is 9.47 Å². The second-order valence-corrected chi connectivity index (χ2v) is 6.18. The molecule has 0 radical (unpaired) electrons. The second-order valence-electron chi connectivity index (χ2n) is 6.18. The van der Waals surface area contributed by atoms with Crippen LogP contribution in [0.4, 0.5) is 5.69 Å². The van der Waals surface area contributed by atoms with Crippen molar-refractivity contribution in [3.63, 3.8) is 0 Å². The van der Waals surface area contributed by atoms with Crippen molar-refractivity contribution in [2.45, 2.75) is 12.5 Å². The SMILES string of the molecule is O=C(O)[C@@H]1CN(C(=O)[C@H]2COc3ccccc3C2)c2ccccc2O1. The number of carbonyl (C=O) groups excluding carboxylic acids is 1. The van der Waals surface area contributed by atoms with Gasteiger partial charge in [0.2, 0.25) is 12.0 Å². The number of ether oxygens (including phenoxy) is 2. The molecule has 2 aromatic rings. The molecule has 2 aromatic carbocycles. The minimum absolute atomic E-state index is 0.0106. The van der Waals surface area contributed by atoms with E-state index in [2.05, 4.69) is 0 Å². The lowest BCUT2D eigenvalue weighted by Gasteiger charge is -2.36. The molecule has 128 valence electrons. The van der Waals surface area contributed by atoms with E-state index < -0.39 is 12.1 Å². The lowest BCUT2D eigenvalue weighted by atomic mass is 9.95. The van der Waals surface area contributed by atoms with Crippen LogP contribution in [0.3, 0.4) is 0 Å². The van der Waals surface area contributed by atoms with Crippen molar-refractivity contribution in [1.29, 1.82) is 0 Å². The lowest BCUT2D eigenvalue weighted by Crippen LogP contribution is -2.50. The largest absolute Gasteiger partial charge is 0.492 e. The van der Waals surface area contributed by atoms with Gasteiger partial charge in [0.1, 0.15) is 18.1 Å². The molecule has 0 saturated carbocycles. The number of benzene rings is 2. The van der Waals surface area contributed by atoms with Gasteiger partial charge in [0.05, 0.1) is 18.2 Å². The predicted octanol–water partition coefficient (Wildman–Crippen LogP) is 2.12. The first-order valence-electron chi connectivity index (χ1n) is 8.14. The number of hydrogen-bond donors (Lipinski definition) is 1. The van der Waals surface area contributed by atoms with Crippen molar-refractivity contribution in [3.8, 4) is 11.5 Å². The number of anilines is 1. The summed E-state index contributed by atoms with van der Waals surface area (Å²) in [6.07, 6.45) is -0.498. The fourth-order valence-electron chi connectivity index (χ4n) is 3.28. The van der Waals surface area contributed by atoms with E-state index in [9.17, 15) is 14.7 Å². The van der Waals surface area contributed by atoms with Crippen LogP contribution >= 0.6 is 0 Å². The minimum atomic E-state index is -1.09. The quantitative estimate of drug-likeness (QED) is 0.907. The van der Waals surface area contributed by atoms with Crippen LogP contribution in [-0.2, 0) is 16.0 Å². The molecule has 0 saturated heterocycles. The maximum Gasteiger partial charge on any atom is 0.346 e. The summed E-state index contributed by atoms with van der Waals surface area (Å²) in [6.45, 7) is 0.274. The van der Waals surface area contributed by atoms with Crippen molar-refractivity contribution in [2.24, 2.45) is 5.92 Å². The molecule has 0 aliphatic carbocycles. The van der Waals surface area contributed by atoms with Gasteiger partial charge in [0, 0.05) is 0 Å². The molecule has 6 heteroatoms. The minimum Gasteiger partial charge on any atom is -0.492 e. The first-order valence-corrected chi connectivity index (χ1v) is 8.14. The van der Waals surface area contributed by atoms with Gasteiger partial charge in [-0.3, -0.25) is 4.79 Å². The number of carboxylic acid groups (broad SMARTS) is 1. The van der Waals surface area contributed by atoms with Crippen molar-refractivity contribution in [2.75, 3.05) is 18.1 Å². The van der Waals surface area contributed by atoms with Gasteiger partial charge in [-0.1, -0.05) is 30.3 Å². The van der Waals surface area contributed by atoms with Crippen LogP contribution in [0.15, 0.2) is 48.5 Å². The van der Waals surface area contributed by atoms with Crippen molar-refractivity contribution < 1.29 is 24.2 Å². The number of carboxylic acids is 1. The molecule has 1 N–H and O–H groups in total. The molecule has 4 rings (SSSR count). The maximum atomic E-state index is 13.1. The third kappa shape index (κ3) is 2.80. The number of amides is 1. The Morgan fingerprint density at radius 3 is 2.56 bits per heavy atom. The molecule has 0 fully saturated rings. The average Bonchev–Trinajstić information content (AvgIpc) is 2.66. The Labute approximate surface area is 144 Å². The third-order valence-corrected chi connectivity index (χ3v) is 4.54. The van der Waals surface area contributed by atoms with E-state index in [0.29, 0.717) is 17.9 Å². The lowest BCUT2D eigenvalue weighted by molar-refractivity contribution is -0.145. The summed E-state index contributed by atoms with van der Waals surface area (Å²) in [5.41, 5.74) is 1.59. The summed E-state index contributed by atoms with van der Waals surface area (Å²) < 4.78 is 11.2. The molecule has 2 aliphatic rings. The predicted molar refractivity (Wildman–Crippen MR) is 90.0 cm³/mol. The van der Waals surface area contributed by atoms with Gasteiger partial charge in [-0.25, -0.2) is 4.79 Å². The number of para-hydroxylation sites is 3. The van der Waals surface area contributed by atoms with E-state index in [1.807, 2.05) is 24.3 Å². The molecule has 2 atom stereocenters. The fraction of sp³-hybridized carbons (Fsp3) is 0.263. The number of carbonyl (C=O) groups is 2. The standard InChI is InChI=1S/C19H17NO5/c21-18(13-9-12-5-1-3-7-15(12)24-11-13)20-10-17(19(22)23)25-16-8-4-2-6-14(16)20/h1-8,13,17H,9-11H2,(H,22,23)/t13-,17+/m1/s1.